The third kappa shape index (κ3) is 2.22. The molecule has 0 aliphatic rings. The van der Waals surface area contributed by atoms with Crippen molar-refractivity contribution in [3.8, 4) is 0 Å². The molecule has 0 amide bonds. The van der Waals surface area contributed by atoms with Crippen LogP contribution in [0, 0.1) is 0 Å². The van der Waals surface area contributed by atoms with Crippen molar-refractivity contribution in [2.75, 3.05) is 11.1 Å². The summed E-state index contributed by atoms with van der Waals surface area (Å²) in [4.78, 5) is 8.36. The molecular formula is C14H14N4O. The van der Waals surface area contributed by atoms with Gasteiger partial charge in [-0.15, -0.1) is 0 Å². The molecule has 0 saturated heterocycles. The zero-order valence-electron chi connectivity index (χ0n) is 10.5. The van der Waals surface area contributed by atoms with E-state index in [1.165, 1.54) is 0 Å². The molecule has 0 radical (unpaired) electrons. The number of aromatic nitrogens is 2. The van der Waals surface area contributed by atoms with E-state index in [-0.39, 0.29) is 6.04 Å². The number of fused-ring (bicyclic) bond motifs is 1. The Balaban J connectivity index is 1.88. The molecule has 1 aromatic carbocycles. The van der Waals surface area contributed by atoms with Crippen molar-refractivity contribution in [3.63, 3.8) is 0 Å². The lowest BCUT2D eigenvalue weighted by Gasteiger charge is -2.11. The number of nitrogens with zero attached hydrogens (tertiary/aromatic N) is 2. The average Bonchev–Trinajstić information content (AvgIpc) is 2.84. The number of oxazole rings is 1. The number of rotatable bonds is 3. The monoisotopic (exact) mass is 254 g/mol. The fraction of sp³-hybridized carbons (Fsp3) is 0.143. The van der Waals surface area contributed by atoms with Crippen molar-refractivity contribution in [3.05, 3.63) is 48.3 Å². The molecule has 19 heavy (non-hydrogen) atoms. The van der Waals surface area contributed by atoms with Gasteiger partial charge in [0, 0.05) is 12.4 Å². The van der Waals surface area contributed by atoms with E-state index in [1.54, 1.807) is 18.5 Å². The van der Waals surface area contributed by atoms with Crippen LogP contribution in [0.3, 0.4) is 0 Å². The SMILES string of the molecule is CC(Nc1nc2c(N)cccc2o1)c1ccncc1. The minimum absolute atomic E-state index is 0.0808. The molecule has 3 aromatic rings. The van der Waals surface area contributed by atoms with Gasteiger partial charge >= 0.3 is 0 Å². The van der Waals surface area contributed by atoms with Crippen molar-refractivity contribution >= 4 is 22.8 Å². The Morgan fingerprint density at radius 2 is 2.00 bits per heavy atom. The average molecular weight is 254 g/mol. The van der Waals surface area contributed by atoms with Crippen LogP contribution in [0.25, 0.3) is 11.1 Å². The zero-order chi connectivity index (χ0) is 13.2. The molecule has 2 heterocycles. The molecule has 0 bridgehead atoms. The van der Waals surface area contributed by atoms with E-state index in [0.717, 1.165) is 5.56 Å². The molecule has 1 atom stereocenters. The number of para-hydroxylation sites is 1. The van der Waals surface area contributed by atoms with E-state index < -0.39 is 0 Å². The molecule has 5 heteroatoms. The summed E-state index contributed by atoms with van der Waals surface area (Å²) < 4.78 is 5.62. The Hall–Kier alpha value is -2.56. The third-order valence-corrected chi connectivity index (χ3v) is 3.00. The third-order valence-electron chi connectivity index (χ3n) is 3.00. The highest BCUT2D eigenvalue weighted by Gasteiger charge is 2.11. The second-order valence-corrected chi connectivity index (χ2v) is 4.36. The maximum absolute atomic E-state index is 5.85. The largest absolute Gasteiger partial charge is 0.423 e. The number of pyridine rings is 1. The first-order valence-corrected chi connectivity index (χ1v) is 6.05. The summed E-state index contributed by atoms with van der Waals surface area (Å²) in [5, 5.41) is 3.21. The summed E-state index contributed by atoms with van der Waals surface area (Å²) in [6.07, 6.45) is 3.52. The van der Waals surface area contributed by atoms with Crippen molar-refractivity contribution in [1.82, 2.24) is 9.97 Å². The van der Waals surface area contributed by atoms with Crippen LogP contribution in [-0.2, 0) is 0 Å². The number of hydrogen-bond acceptors (Lipinski definition) is 5. The molecule has 0 fully saturated rings. The van der Waals surface area contributed by atoms with E-state index in [4.69, 9.17) is 10.2 Å². The van der Waals surface area contributed by atoms with Crippen LogP contribution < -0.4 is 11.1 Å². The smallest absolute Gasteiger partial charge is 0.296 e. The first-order valence-electron chi connectivity index (χ1n) is 6.05. The number of nitrogen functional groups attached to an aromatic ring is 1. The number of benzene rings is 1. The van der Waals surface area contributed by atoms with Crippen LogP contribution in [0.4, 0.5) is 11.7 Å². The quantitative estimate of drug-likeness (QED) is 0.702. The van der Waals surface area contributed by atoms with E-state index in [0.29, 0.717) is 22.8 Å². The van der Waals surface area contributed by atoms with Gasteiger partial charge in [0.25, 0.3) is 6.01 Å². The van der Waals surface area contributed by atoms with E-state index in [1.807, 2.05) is 31.2 Å². The van der Waals surface area contributed by atoms with E-state index >= 15 is 0 Å². The number of nitrogens with two attached hydrogens (primary N) is 1. The van der Waals surface area contributed by atoms with Crippen molar-refractivity contribution in [2.45, 2.75) is 13.0 Å². The predicted octanol–water partition coefficient (Wildman–Crippen LogP) is 2.98. The zero-order valence-corrected chi connectivity index (χ0v) is 10.5. The summed E-state index contributed by atoms with van der Waals surface area (Å²) in [7, 11) is 0. The highest BCUT2D eigenvalue weighted by atomic mass is 16.4. The predicted molar refractivity (Wildman–Crippen MR) is 74.7 cm³/mol. The Morgan fingerprint density at radius 3 is 2.74 bits per heavy atom. The molecule has 0 aliphatic heterocycles. The summed E-state index contributed by atoms with van der Waals surface area (Å²) in [5.41, 5.74) is 8.96. The molecule has 2 aromatic heterocycles. The number of hydrogen-bond donors (Lipinski definition) is 2. The summed E-state index contributed by atoms with van der Waals surface area (Å²) in [6.45, 7) is 2.04. The lowest BCUT2D eigenvalue weighted by molar-refractivity contribution is 0.604. The molecule has 0 saturated carbocycles. The van der Waals surface area contributed by atoms with E-state index in [2.05, 4.69) is 15.3 Å². The lowest BCUT2D eigenvalue weighted by atomic mass is 10.1. The topological polar surface area (TPSA) is 77.0 Å². The van der Waals surface area contributed by atoms with Gasteiger partial charge in [-0.2, -0.15) is 4.98 Å². The number of anilines is 2. The first-order chi connectivity index (χ1) is 9.24. The second kappa shape index (κ2) is 4.61. The summed E-state index contributed by atoms with van der Waals surface area (Å²) in [6, 6.07) is 9.96. The van der Waals surface area contributed by atoms with Gasteiger partial charge in [-0.25, -0.2) is 0 Å². The molecule has 3 N–H and O–H groups in total. The van der Waals surface area contributed by atoms with Crippen LogP contribution in [-0.4, -0.2) is 9.97 Å². The van der Waals surface area contributed by atoms with Crippen LogP contribution in [0.1, 0.15) is 18.5 Å². The number of nitrogens with one attached hydrogen (secondary N) is 1. The Kier molecular flexibility index (Phi) is 2.79. The Labute approximate surface area is 110 Å². The fourth-order valence-electron chi connectivity index (χ4n) is 1.95. The first kappa shape index (κ1) is 11.5. The maximum Gasteiger partial charge on any atom is 0.296 e. The second-order valence-electron chi connectivity index (χ2n) is 4.36. The normalized spacial score (nSPS) is 12.5. The summed E-state index contributed by atoms with van der Waals surface area (Å²) >= 11 is 0. The van der Waals surface area contributed by atoms with Crippen molar-refractivity contribution in [1.29, 1.82) is 0 Å². The van der Waals surface area contributed by atoms with Gasteiger partial charge in [-0.05, 0) is 36.8 Å². The van der Waals surface area contributed by atoms with Gasteiger partial charge in [0.15, 0.2) is 5.58 Å². The van der Waals surface area contributed by atoms with Crippen molar-refractivity contribution < 1.29 is 4.42 Å². The summed E-state index contributed by atoms with van der Waals surface area (Å²) in [5.74, 6) is 0. The standard InChI is InChI=1S/C14H14N4O/c1-9(10-5-7-16-8-6-10)17-14-18-13-11(15)3-2-4-12(13)19-14/h2-9H,15H2,1H3,(H,17,18). The molecule has 96 valence electrons. The van der Waals surface area contributed by atoms with Gasteiger partial charge in [-0.3, -0.25) is 4.98 Å². The van der Waals surface area contributed by atoms with E-state index in [9.17, 15) is 0 Å². The fourth-order valence-corrected chi connectivity index (χ4v) is 1.95. The van der Waals surface area contributed by atoms with Gasteiger partial charge in [0.1, 0.15) is 5.52 Å². The molecule has 5 nitrogen and oxygen atoms in total. The van der Waals surface area contributed by atoms with Gasteiger partial charge in [0.05, 0.1) is 11.7 Å². The Bertz CT molecular complexity index is 693. The minimum atomic E-state index is 0.0808. The molecule has 3 rings (SSSR count). The maximum atomic E-state index is 5.85. The molecule has 0 aliphatic carbocycles. The van der Waals surface area contributed by atoms with Crippen LogP contribution in [0.15, 0.2) is 47.1 Å². The highest BCUT2D eigenvalue weighted by molar-refractivity contribution is 5.86. The van der Waals surface area contributed by atoms with Gasteiger partial charge in [0.2, 0.25) is 0 Å². The minimum Gasteiger partial charge on any atom is -0.423 e. The van der Waals surface area contributed by atoms with Crippen LogP contribution in [0.2, 0.25) is 0 Å². The Morgan fingerprint density at radius 1 is 1.21 bits per heavy atom. The molecular weight excluding hydrogens is 240 g/mol. The lowest BCUT2D eigenvalue weighted by Crippen LogP contribution is -2.06. The van der Waals surface area contributed by atoms with Crippen LogP contribution >= 0.6 is 0 Å². The highest BCUT2D eigenvalue weighted by Crippen LogP contribution is 2.26. The van der Waals surface area contributed by atoms with Gasteiger partial charge in [-0.1, -0.05) is 6.07 Å². The molecule has 1 unspecified atom stereocenters. The molecule has 0 spiro atoms. The van der Waals surface area contributed by atoms with Gasteiger partial charge < -0.3 is 15.5 Å². The van der Waals surface area contributed by atoms with Crippen LogP contribution in [0.5, 0.6) is 0 Å². The van der Waals surface area contributed by atoms with Crippen molar-refractivity contribution in [2.24, 2.45) is 0 Å².